The van der Waals surface area contributed by atoms with Crippen LogP contribution in [0.2, 0.25) is 0 Å². The molecule has 1 heterocycles. The zero-order chi connectivity index (χ0) is 17.2. The molecule has 0 bridgehead atoms. The van der Waals surface area contributed by atoms with Crippen LogP contribution in [0.4, 0.5) is 4.79 Å². The monoisotopic (exact) mass is 320 g/mol. The van der Waals surface area contributed by atoms with Gasteiger partial charge in [-0.1, -0.05) is 0 Å². The number of ether oxygens (including phenoxy) is 1. The van der Waals surface area contributed by atoms with E-state index in [4.69, 9.17) is 4.74 Å². The summed E-state index contributed by atoms with van der Waals surface area (Å²) >= 11 is 0. The van der Waals surface area contributed by atoms with Gasteiger partial charge in [0.1, 0.15) is 17.4 Å². The van der Waals surface area contributed by atoms with E-state index in [0.29, 0.717) is 5.52 Å². The van der Waals surface area contributed by atoms with Crippen molar-refractivity contribution < 1.29 is 24.5 Å². The Hall–Kier alpha value is -2.70. The molecule has 1 amide bonds. The van der Waals surface area contributed by atoms with Crippen LogP contribution in [-0.2, 0) is 16.0 Å². The molecule has 1 unspecified atom stereocenters. The van der Waals surface area contributed by atoms with Crippen molar-refractivity contribution >= 4 is 23.0 Å². The van der Waals surface area contributed by atoms with E-state index in [9.17, 15) is 19.8 Å². The normalized spacial score (nSPS) is 12.8. The standard InChI is InChI=1S/C16H20N2O5/c1-16(2,3)23-15(22)18-13(14(20)21)6-9-8-17-12-7-10(19)4-5-11(9)12/h4-5,7-8,13,17,19H,6H2,1-3H3,(H,18,22)(H,20,21). The number of carbonyl (C=O) groups excluding carboxylic acids is 1. The molecule has 124 valence electrons. The number of hydrogen-bond acceptors (Lipinski definition) is 4. The van der Waals surface area contributed by atoms with Gasteiger partial charge in [0.15, 0.2) is 0 Å². The fraction of sp³-hybridized carbons (Fsp3) is 0.375. The number of fused-ring (bicyclic) bond motifs is 1. The topological polar surface area (TPSA) is 112 Å². The number of rotatable bonds is 4. The van der Waals surface area contributed by atoms with Gasteiger partial charge < -0.3 is 25.3 Å². The van der Waals surface area contributed by atoms with Crippen molar-refractivity contribution in [3.63, 3.8) is 0 Å². The first kappa shape index (κ1) is 16.7. The number of aliphatic carboxylic acids is 1. The first-order valence-corrected chi connectivity index (χ1v) is 7.17. The number of aromatic nitrogens is 1. The molecular weight excluding hydrogens is 300 g/mol. The highest BCUT2D eigenvalue weighted by Crippen LogP contribution is 2.23. The zero-order valence-corrected chi connectivity index (χ0v) is 13.2. The lowest BCUT2D eigenvalue weighted by Crippen LogP contribution is -2.44. The molecule has 2 aromatic rings. The van der Waals surface area contributed by atoms with Gasteiger partial charge in [0.05, 0.1) is 0 Å². The van der Waals surface area contributed by atoms with E-state index >= 15 is 0 Å². The summed E-state index contributed by atoms with van der Waals surface area (Å²) in [6.07, 6.45) is 0.985. The van der Waals surface area contributed by atoms with Gasteiger partial charge in [-0.15, -0.1) is 0 Å². The van der Waals surface area contributed by atoms with Crippen LogP contribution in [0.15, 0.2) is 24.4 Å². The molecule has 4 N–H and O–H groups in total. The second-order valence-electron chi connectivity index (χ2n) is 6.28. The molecule has 0 fully saturated rings. The molecule has 0 saturated carbocycles. The van der Waals surface area contributed by atoms with Crippen LogP contribution < -0.4 is 5.32 Å². The first-order chi connectivity index (χ1) is 10.7. The minimum absolute atomic E-state index is 0.0966. The maximum Gasteiger partial charge on any atom is 0.408 e. The van der Waals surface area contributed by atoms with E-state index in [-0.39, 0.29) is 12.2 Å². The van der Waals surface area contributed by atoms with Crippen molar-refractivity contribution in [2.75, 3.05) is 0 Å². The number of phenols is 1. The number of alkyl carbamates (subject to hydrolysis) is 1. The molecule has 1 atom stereocenters. The van der Waals surface area contributed by atoms with Crippen LogP contribution in [0.5, 0.6) is 5.75 Å². The average Bonchev–Trinajstić information content (AvgIpc) is 2.78. The number of benzene rings is 1. The van der Waals surface area contributed by atoms with Crippen LogP contribution in [0.3, 0.4) is 0 Å². The fourth-order valence-electron chi connectivity index (χ4n) is 2.21. The van der Waals surface area contributed by atoms with Gasteiger partial charge in [-0.25, -0.2) is 9.59 Å². The molecule has 0 saturated heterocycles. The summed E-state index contributed by atoms with van der Waals surface area (Å²) in [6.45, 7) is 5.11. The van der Waals surface area contributed by atoms with Gasteiger partial charge >= 0.3 is 12.1 Å². The molecule has 1 aromatic heterocycles. The van der Waals surface area contributed by atoms with Crippen molar-refractivity contribution in [2.45, 2.75) is 38.8 Å². The van der Waals surface area contributed by atoms with E-state index in [1.807, 2.05) is 0 Å². The van der Waals surface area contributed by atoms with Gasteiger partial charge in [0, 0.05) is 29.6 Å². The lowest BCUT2D eigenvalue weighted by molar-refractivity contribution is -0.139. The lowest BCUT2D eigenvalue weighted by Gasteiger charge is -2.22. The summed E-state index contributed by atoms with van der Waals surface area (Å²) in [4.78, 5) is 26.1. The summed E-state index contributed by atoms with van der Waals surface area (Å²) in [7, 11) is 0. The minimum Gasteiger partial charge on any atom is -0.508 e. The summed E-state index contributed by atoms with van der Waals surface area (Å²) in [5, 5.41) is 21.9. The minimum atomic E-state index is -1.15. The van der Waals surface area contributed by atoms with E-state index in [2.05, 4.69) is 10.3 Å². The Kier molecular flexibility index (Phi) is 4.49. The van der Waals surface area contributed by atoms with Crippen molar-refractivity contribution in [3.8, 4) is 5.75 Å². The molecule has 0 aliphatic heterocycles. The van der Waals surface area contributed by atoms with Crippen molar-refractivity contribution in [1.82, 2.24) is 10.3 Å². The number of nitrogens with one attached hydrogen (secondary N) is 2. The summed E-state index contributed by atoms with van der Waals surface area (Å²) in [5.41, 5.74) is 0.718. The number of aromatic amines is 1. The fourth-order valence-corrected chi connectivity index (χ4v) is 2.21. The summed E-state index contributed by atoms with van der Waals surface area (Å²) in [6, 6.07) is 3.66. The Morgan fingerprint density at radius 2 is 2.04 bits per heavy atom. The second kappa shape index (κ2) is 6.20. The van der Waals surface area contributed by atoms with Gasteiger partial charge in [0.25, 0.3) is 0 Å². The number of carboxylic acid groups (broad SMARTS) is 1. The lowest BCUT2D eigenvalue weighted by atomic mass is 10.1. The molecule has 0 radical (unpaired) electrons. The molecule has 0 aliphatic carbocycles. The number of carbonyl (C=O) groups is 2. The van der Waals surface area contributed by atoms with Crippen LogP contribution in [0.25, 0.3) is 10.9 Å². The van der Waals surface area contributed by atoms with Gasteiger partial charge in [0.2, 0.25) is 0 Å². The maximum atomic E-state index is 11.8. The average molecular weight is 320 g/mol. The van der Waals surface area contributed by atoms with Gasteiger partial charge in [-0.2, -0.15) is 0 Å². The van der Waals surface area contributed by atoms with E-state index < -0.39 is 23.7 Å². The van der Waals surface area contributed by atoms with Gasteiger partial charge in [-0.05, 0) is 38.5 Å². The summed E-state index contributed by atoms with van der Waals surface area (Å²) < 4.78 is 5.09. The quantitative estimate of drug-likeness (QED) is 0.691. The number of hydrogen-bond donors (Lipinski definition) is 4. The predicted octanol–water partition coefficient (Wildman–Crippen LogP) is 2.39. The first-order valence-electron chi connectivity index (χ1n) is 7.17. The Balaban J connectivity index is 2.15. The Bertz CT molecular complexity index is 730. The Morgan fingerprint density at radius 1 is 1.35 bits per heavy atom. The molecule has 0 spiro atoms. The summed E-state index contributed by atoms with van der Waals surface area (Å²) in [5.74, 6) is -1.03. The second-order valence-corrected chi connectivity index (χ2v) is 6.28. The maximum absolute atomic E-state index is 11.8. The van der Waals surface area contributed by atoms with Gasteiger partial charge in [-0.3, -0.25) is 0 Å². The number of phenolic OH excluding ortho intramolecular Hbond substituents is 1. The highest BCUT2D eigenvalue weighted by Gasteiger charge is 2.25. The number of H-pyrrole nitrogens is 1. The zero-order valence-electron chi connectivity index (χ0n) is 13.2. The number of amides is 1. The third kappa shape index (κ3) is 4.38. The Morgan fingerprint density at radius 3 is 2.65 bits per heavy atom. The van der Waals surface area contributed by atoms with Crippen molar-refractivity contribution in [2.24, 2.45) is 0 Å². The van der Waals surface area contributed by atoms with E-state index in [0.717, 1.165) is 10.9 Å². The predicted molar refractivity (Wildman–Crippen MR) is 84.5 cm³/mol. The SMILES string of the molecule is CC(C)(C)OC(=O)NC(Cc1c[nH]c2cc(O)ccc12)C(=O)O. The third-order valence-corrected chi connectivity index (χ3v) is 3.16. The van der Waals surface area contributed by atoms with Crippen LogP contribution in [-0.4, -0.2) is 38.9 Å². The van der Waals surface area contributed by atoms with Crippen LogP contribution in [0, 0.1) is 0 Å². The third-order valence-electron chi connectivity index (χ3n) is 3.16. The largest absolute Gasteiger partial charge is 0.508 e. The molecule has 7 nitrogen and oxygen atoms in total. The van der Waals surface area contributed by atoms with Crippen molar-refractivity contribution in [3.05, 3.63) is 30.0 Å². The molecule has 2 rings (SSSR count). The van der Waals surface area contributed by atoms with E-state index in [1.165, 1.54) is 6.07 Å². The number of carboxylic acids is 1. The van der Waals surface area contributed by atoms with Crippen LogP contribution >= 0.6 is 0 Å². The Labute approximate surface area is 133 Å². The number of aromatic hydroxyl groups is 1. The highest BCUT2D eigenvalue weighted by atomic mass is 16.6. The molecule has 23 heavy (non-hydrogen) atoms. The molecule has 1 aromatic carbocycles. The molecular formula is C16H20N2O5. The highest BCUT2D eigenvalue weighted by molar-refractivity contribution is 5.86. The van der Waals surface area contributed by atoms with Crippen LogP contribution in [0.1, 0.15) is 26.3 Å². The smallest absolute Gasteiger partial charge is 0.408 e. The van der Waals surface area contributed by atoms with E-state index in [1.54, 1.807) is 39.1 Å². The van der Waals surface area contributed by atoms with Crippen molar-refractivity contribution in [1.29, 1.82) is 0 Å². The molecule has 7 heteroatoms. The molecule has 0 aliphatic rings.